The van der Waals surface area contributed by atoms with Crippen molar-refractivity contribution in [2.75, 3.05) is 7.11 Å². The molecule has 6 atom stereocenters. The Balaban J connectivity index is 1.74. The van der Waals surface area contributed by atoms with Crippen LogP contribution in [-0.2, 0) is 15.9 Å². The average molecular weight is 577 g/mol. The van der Waals surface area contributed by atoms with Crippen molar-refractivity contribution < 1.29 is 33.9 Å². The highest BCUT2D eigenvalue weighted by atomic mass is 16.5. The lowest BCUT2D eigenvalue weighted by Gasteiger charge is -2.47. The van der Waals surface area contributed by atoms with Gasteiger partial charge in [-0.25, -0.2) is 0 Å². The van der Waals surface area contributed by atoms with Gasteiger partial charge in [0.05, 0.1) is 63.9 Å². The number of hydrogen-bond donors (Lipinski definition) is 3. The first-order valence-electron chi connectivity index (χ1n) is 13.8. The third kappa shape index (κ3) is 3.05. The second-order valence-corrected chi connectivity index (χ2v) is 11.7. The molecule has 3 heterocycles. The third-order valence-electron chi connectivity index (χ3n) is 9.29. The summed E-state index contributed by atoms with van der Waals surface area (Å²) in [6.45, 7) is 6.71. The molecule has 0 bridgehead atoms. The quantitative estimate of drug-likeness (QED) is 0.289. The van der Waals surface area contributed by atoms with Gasteiger partial charge in [0, 0.05) is 22.8 Å². The van der Waals surface area contributed by atoms with Crippen molar-refractivity contribution in [2.45, 2.75) is 70.6 Å². The summed E-state index contributed by atoms with van der Waals surface area (Å²) < 4.78 is 23.1. The number of methoxy groups -OCH3 is 1. The van der Waals surface area contributed by atoms with Crippen LogP contribution in [0.5, 0.6) is 5.75 Å². The molecular weight excluding hydrogens is 548 g/mol. The molecule has 1 aromatic carbocycles. The van der Waals surface area contributed by atoms with E-state index in [1.165, 1.54) is 13.2 Å². The summed E-state index contributed by atoms with van der Waals surface area (Å²) in [7, 11) is 1.31. The first-order chi connectivity index (χ1) is 19.8. The topological polar surface area (TPSA) is 170 Å². The van der Waals surface area contributed by atoms with Crippen molar-refractivity contribution in [1.82, 2.24) is 0 Å². The largest absolute Gasteiger partial charge is 0.511 e. The highest BCUT2D eigenvalue weighted by Crippen LogP contribution is 2.44. The summed E-state index contributed by atoms with van der Waals surface area (Å²) in [5, 5.41) is 33.2. The summed E-state index contributed by atoms with van der Waals surface area (Å²) in [5.74, 6) is -1.72. The zero-order valence-electron chi connectivity index (χ0n) is 23.5. The fourth-order valence-corrected chi connectivity index (χ4v) is 7.41. The lowest BCUT2D eigenvalue weighted by Crippen LogP contribution is -2.61. The van der Waals surface area contributed by atoms with E-state index in [9.17, 15) is 34.5 Å². The van der Waals surface area contributed by atoms with Gasteiger partial charge in [-0.15, -0.1) is 0 Å². The molecule has 2 aliphatic heterocycles. The Morgan fingerprint density at radius 1 is 0.857 bits per heavy atom. The Morgan fingerprint density at radius 2 is 1.55 bits per heavy atom. The summed E-state index contributed by atoms with van der Waals surface area (Å²) in [5.41, 5.74) is -5.91. The average Bonchev–Trinajstić information content (AvgIpc) is 3.34. The highest BCUT2D eigenvalue weighted by molar-refractivity contribution is 6.08. The van der Waals surface area contributed by atoms with Crippen LogP contribution in [0.15, 0.2) is 29.7 Å². The molecule has 0 spiro atoms. The minimum atomic E-state index is -2.05. The summed E-state index contributed by atoms with van der Waals surface area (Å²) in [4.78, 5) is 55.3. The van der Waals surface area contributed by atoms with E-state index in [0.717, 1.165) is 0 Å². The van der Waals surface area contributed by atoms with Crippen molar-refractivity contribution in [3.63, 3.8) is 0 Å². The van der Waals surface area contributed by atoms with Gasteiger partial charge in [0.25, 0.3) is 0 Å². The third-order valence-corrected chi connectivity index (χ3v) is 9.29. The molecule has 11 nitrogen and oxygen atoms in total. The number of fused-ring (bicyclic) bond motifs is 7. The molecule has 0 radical (unpaired) electrons. The molecule has 0 unspecified atom stereocenters. The van der Waals surface area contributed by atoms with Gasteiger partial charge in [0.1, 0.15) is 17.3 Å². The van der Waals surface area contributed by atoms with Crippen LogP contribution in [-0.4, -0.2) is 46.3 Å². The van der Waals surface area contributed by atoms with E-state index in [2.05, 4.69) is 0 Å². The van der Waals surface area contributed by atoms with Gasteiger partial charge in [-0.2, -0.15) is 0 Å². The van der Waals surface area contributed by atoms with Gasteiger partial charge in [0.2, 0.25) is 10.9 Å². The van der Waals surface area contributed by atoms with E-state index in [4.69, 9.17) is 18.6 Å². The maximum Gasteiger partial charge on any atom is 0.233 e. The van der Waals surface area contributed by atoms with Crippen LogP contribution in [0, 0.1) is 16.4 Å². The molecule has 0 saturated carbocycles. The molecule has 3 N–H and O–H groups in total. The molecule has 1 aromatic heterocycles. The number of furan rings is 1. The molecule has 1 fully saturated rings. The van der Waals surface area contributed by atoms with Gasteiger partial charge in [-0.1, -0.05) is 0 Å². The summed E-state index contributed by atoms with van der Waals surface area (Å²) in [6, 6.07) is 1.39. The number of rotatable bonds is 1. The Hall–Kier alpha value is -4.06. The maximum atomic E-state index is 14.1. The van der Waals surface area contributed by atoms with Crippen molar-refractivity contribution >= 4 is 33.5 Å². The Labute approximate surface area is 235 Å². The molecule has 0 amide bonds. The zero-order chi connectivity index (χ0) is 30.2. The van der Waals surface area contributed by atoms with E-state index in [-0.39, 0.29) is 74.5 Å². The second kappa shape index (κ2) is 8.50. The Morgan fingerprint density at radius 3 is 2.24 bits per heavy atom. The number of ether oxygens (including phenoxy) is 3. The normalized spacial score (nSPS) is 29.1. The highest BCUT2D eigenvalue weighted by Gasteiger charge is 2.55. The van der Waals surface area contributed by atoms with Crippen molar-refractivity contribution in [1.29, 1.82) is 0 Å². The van der Waals surface area contributed by atoms with Crippen LogP contribution in [0.2, 0.25) is 0 Å². The maximum absolute atomic E-state index is 14.1. The van der Waals surface area contributed by atoms with Crippen LogP contribution >= 0.6 is 0 Å². The van der Waals surface area contributed by atoms with Crippen LogP contribution in [0.25, 0.3) is 33.5 Å². The predicted molar refractivity (Wildman–Crippen MR) is 150 cm³/mol. The lowest BCUT2D eigenvalue weighted by atomic mass is 9.71. The molecular formula is C31H28O11. The Bertz CT molecular complexity index is 2290. The monoisotopic (exact) mass is 576 g/mol. The van der Waals surface area contributed by atoms with E-state index in [0.29, 0.717) is 0 Å². The minimum absolute atomic E-state index is 0.0228. The second-order valence-electron chi connectivity index (χ2n) is 11.7. The Kier molecular flexibility index (Phi) is 5.42. The van der Waals surface area contributed by atoms with Gasteiger partial charge in [-0.3, -0.25) is 19.2 Å². The van der Waals surface area contributed by atoms with Crippen molar-refractivity contribution in [2.24, 2.45) is 5.92 Å². The summed E-state index contributed by atoms with van der Waals surface area (Å²) >= 11 is 0. The van der Waals surface area contributed by atoms with Crippen LogP contribution in [0.3, 0.4) is 0 Å². The molecule has 11 heteroatoms. The predicted octanol–water partition coefficient (Wildman–Crippen LogP) is 0.549. The van der Waals surface area contributed by atoms with E-state index in [1.807, 2.05) is 0 Å². The zero-order valence-corrected chi connectivity index (χ0v) is 23.5. The fourth-order valence-electron chi connectivity index (χ4n) is 7.41. The van der Waals surface area contributed by atoms with E-state index in [1.54, 1.807) is 27.7 Å². The lowest BCUT2D eigenvalue weighted by molar-refractivity contribution is -0.166. The van der Waals surface area contributed by atoms with Crippen LogP contribution in [0.1, 0.15) is 51.3 Å². The molecule has 2 aromatic rings. The molecule has 218 valence electrons. The van der Waals surface area contributed by atoms with Gasteiger partial charge in [0.15, 0.2) is 27.6 Å². The van der Waals surface area contributed by atoms with Gasteiger partial charge < -0.3 is 33.9 Å². The first-order valence-corrected chi connectivity index (χ1v) is 13.8. The van der Waals surface area contributed by atoms with E-state index >= 15 is 0 Å². The number of benzene rings is 1. The standard InChI is InChI=1S/C31H28O11/c1-9-6-13-17(11(3)40-9)25(34)21-20(24(13)33)27(36)29-22(26(21)35)19-16(39-5)8-14-18(28(19)42-29)30(37)31(38)12(4)41-10(2)7-15(31)23(14)32/h8-12,15,32,37-38H,6-7H2,1-5H3/t9-,10-,11+,12+,15-,31-/m0/s1. The van der Waals surface area contributed by atoms with Gasteiger partial charge in [-0.05, 0) is 40.2 Å². The van der Waals surface area contributed by atoms with Crippen molar-refractivity contribution in [3.8, 4) is 5.75 Å². The summed E-state index contributed by atoms with van der Waals surface area (Å²) in [6.07, 6.45) is -2.12. The number of aliphatic hydroxyl groups excluding tert-OH is 2. The van der Waals surface area contributed by atoms with E-state index < -0.39 is 67.2 Å². The minimum Gasteiger partial charge on any atom is -0.511 e. The molecule has 1 saturated heterocycles. The smallest absolute Gasteiger partial charge is 0.233 e. The molecule has 5 aliphatic rings. The first kappa shape index (κ1) is 26.8. The molecule has 42 heavy (non-hydrogen) atoms. The molecule has 3 aliphatic carbocycles. The number of hydrogen-bond acceptors (Lipinski definition) is 11. The van der Waals surface area contributed by atoms with Crippen molar-refractivity contribution in [3.05, 3.63) is 79.0 Å². The van der Waals surface area contributed by atoms with Crippen LogP contribution < -0.4 is 36.9 Å². The number of aliphatic hydroxyl groups is 3. The molecule has 7 rings (SSSR count). The fraction of sp³-hybridized carbons (Fsp3) is 0.419. The SMILES string of the molecule is COc1cc2c(c3oc4c(=O)c5c(=O)c6c(c(=O)c=5c(=O)c4c13)[C@@H](C)O[C@@H](C)C6)=C(O)[C@]1(O)[C@@H](C)O[C@@H](C)C[C@H]1C=2O. The van der Waals surface area contributed by atoms with Crippen LogP contribution in [0.4, 0.5) is 0 Å². The van der Waals surface area contributed by atoms with Gasteiger partial charge >= 0.3 is 0 Å².